The monoisotopic (exact) mass is 668 g/mol. The van der Waals surface area contributed by atoms with Crippen molar-refractivity contribution in [2.45, 2.75) is 213 Å². The van der Waals surface area contributed by atoms with Gasteiger partial charge in [0.2, 0.25) is 0 Å². The standard InChI is InChI=1S/C45H81NO2/c1-4-6-16-24-36-28-40(36)32-42-30-38(42)26-20-14-10-8-12-18-22-35(44(46-3)34-45(47)48)23-19-13-9-11-15-21-27-39-31-43(39)33-41-29-37(41)25-17-7-5-2/h35-43H,4-34H2,1-3H3,(H,47,48)/b46-44+. The van der Waals surface area contributed by atoms with Crippen molar-refractivity contribution in [3.8, 4) is 0 Å². The Bertz CT molecular complexity index is 841. The fraction of sp³-hybridized carbons (Fsp3) is 0.956. The molecule has 0 spiro atoms. The van der Waals surface area contributed by atoms with Crippen LogP contribution in [0.5, 0.6) is 0 Å². The number of unbranched alkanes of at least 4 members (excludes halogenated alkanes) is 14. The summed E-state index contributed by atoms with van der Waals surface area (Å²) in [4.78, 5) is 16.0. The number of carboxylic acids is 1. The molecule has 4 aliphatic rings. The Morgan fingerprint density at radius 3 is 1.19 bits per heavy atom. The predicted molar refractivity (Wildman–Crippen MR) is 207 cm³/mol. The summed E-state index contributed by atoms with van der Waals surface area (Å²) in [6, 6.07) is 0. The fourth-order valence-corrected chi connectivity index (χ4v) is 9.95. The topological polar surface area (TPSA) is 49.7 Å². The van der Waals surface area contributed by atoms with Gasteiger partial charge < -0.3 is 5.11 Å². The van der Waals surface area contributed by atoms with Crippen molar-refractivity contribution in [1.29, 1.82) is 0 Å². The lowest BCUT2D eigenvalue weighted by Crippen LogP contribution is -2.19. The van der Waals surface area contributed by atoms with Crippen LogP contribution < -0.4 is 0 Å². The van der Waals surface area contributed by atoms with Crippen molar-refractivity contribution >= 4 is 11.7 Å². The lowest BCUT2D eigenvalue weighted by Gasteiger charge is -2.18. The van der Waals surface area contributed by atoms with Crippen LogP contribution in [0.4, 0.5) is 0 Å². The molecule has 0 heterocycles. The molecule has 4 saturated carbocycles. The lowest BCUT2D eigenvalue weighted by atomic mass is 9.88. The molecule has 1 N–H and O–H groups in total. The molecule has 0 bridgehead atoms. The Kier molecular flexibility index (Phi) is 19.0. The first-order valence-electron chi connectivity index (χ1n) is 22.2. The quantitative estimate of drug-likeness (QED) is 0.0559. The lowest BCUT2D eigenvalue weighted by molar-refractivity contribution is -0.135. The van der Waals surface area contributed by atoms with Crippen molar-refractivity contribution in [2.24, 2.45) is 58.3 Å². The average Bonchev–Trinajstić information content (AvgIpc) is 3.90. The third kappa shape index (κ3) is 16.4. The molecule has 0 saturated heterocycles. The third-order valence-electron chi connectivity index (χ3n) is 13.7. The van der Waals surface area contributed by atoms with E-state index in [4.69, 9.17) is 0 Å². The van der Waals surface area contributed by atoms with Crippen molar-refractivity contribution in [3.63, 3.8) is 0 Å². The van der Waals surface area contributed by atoms with Gasteiger partial charge in [0, 0.05) is 12.8 Å². The highest BCUT2D eigenvalue weighted by atomic mass is 16.4. The molecule has 4 rings (SSSR count). The van der Waals surface area contributed by atoms with E-state index in [9.17, 15) is 9.90 Å². The minimum Gasteiger partial charge on any atom is -0.481 e. The molecule has 4 fully saturated rings. The summed E-state index contributed by atoms with van der Waals surface area (Å²) in [5, 5.41) is 9.48. The summed E-state index contributed by atoms with van der Waals surface area (Å²) < 4.78 is 0. The first kappa shape index (κ1) is 39.9. The molecule has 0 amide bonds. The molecule has 48 heavy (non-hydrogen) atoms. The van der Waals surface area contributed by atoms with Gasteiger partial charge in [-0.2, -0.15) is 0 Å². The Labute approximate surface area is 299 Å². The van der Waals surface area contributed by atoms with E-state index in [2.05, 4.69) is 18.8 Å². The fourth-order valence-electron chi connectivity index (χ4n) is 9.95. The largest absolute Gasteiger partial charge is 0.481 e. The van der Waals surface area contributed by atoms with Crippen LogP contribution in [0.3, 0.4) is 0 Å². The van der Waals surface area contributed by atoms with E-state index in [1.54, 1.807) is 25.7 Å². The maximum atomic E-state index is 11.5. The second-order valence-corrected chi connectivity index (χ2v) is 17.9. The minimum atomic E-state index is -0.718. The highest BCUT2D eigenvalue weighted by Crippen LogP contribution is 2.55. The van der Waals surface area contributed by atoms with Crippen LogP contribution in [0.1, 0.15) is 213 Å². The number of hydrogen-bond acceptors (Lipinski definition) is 2. The zero-order chi connectivity index (χ0) is 34.0. The number of aliphatic carboxylic acids is 1. The summed E-state index contributed by atoms with van der Waals surface area (Å²) in [6.07, 6.45) is 42.5. The summed E-state index contributed by atoms with van der Waals surface area (Å²) in [5.41, 5.74) is 0.942. The van der Waals surface area contributed by atoms with Gasteiger partial charge in [0.15, 0.2) is 0 Å². The molecule has 3 nitrogen and oxygen atoms in total. The van der Waals surface area contributed by atoms with Gasteiger partial charge in [-0.3, -0.25) is 9.79 Å². The number of rotatable bonds is 33. The van der Waals surface area contributed by atoms with E-state index >= 15 is 0 Å². The molecule has 278 valence electrons. The second-order valence-electron chi connectivity index (χ2n) is 17.9. The first-order chi connectivity index (χ1) is 23.5. The van der Waals surface area contributed by atoms with E-state index in [0.717, 1.165) is 65.9 Å². The van der Waals surface area contributed by atoms with E-state index in [1.165, 1.54) is 154 Å². The Hall–Kier alpha value is -0.860. The highest BCUT2D eigenvalue weighted by molar-refractivity contribution is 5.99. The predicted octanol–water partition coefficient (Wildman–Crippen LogP) is 13.9. The Morgan fingerprint density at radius 2 is 0.854 bits per heavy atom. The SMILES string of the molecule is CCCCCC1CC1CC1CC1CCCCCCCCC(CCCCCCCCC1CC1CC1CC1CCCCC)/C(CC(=O)O)=N/C. The van der Waals surface area contributed by atoms with Crippen LogP contribution in [0.15, 0.2) is 4.99 Å². The van der Waals surface area contributed by atoms with Crippen LogP contribution in [0, 0.1) is 53.3 Å². The van der Waals surface area contributed by atoms with Crippen LogP contribution >= 0.6 is 0 Å². The molecule has 3 heteroatoms. The minimum absolute atomic E-state index is 0.131. The molecule has 8 unspecified atom stereocenters. The Morgan fingerprint density at radius 1 is 0.521 bits per heavy atom. The van der Waals surface area contributed by atoms with Gasteiger partial charge in [-0.1, -0.05) is 155 Å². The number of carboxylic acid groups (broad SMARTS) is 1. The van der Waals surface area contributed by atoms with Gasteiger partial charge in [0.1, 0.15) is 0 Å². The summed E-state index contributed by atoms with van der Waals surface area (Å²) >= 11 is 0. The first-order valence-corrected chi connectivity index (χ1v) is 22.2. The van der Waals surface area contributed by atoms with Gasteiger partial charge in [0.05, 0.1) is 6.42 Å². The number of carbonyl (C=O) groups is 1. The molecule has 0 radical (unpaired) electrons. The van der Waals surface area contributed by atoms with Crippen molar-refractivity contribution in [2.75, 3.05) is 7.05 Å². The average molecular weight is 668 g/mol. The van der Waals surface area contributed by atoms with Crippen molar-refractivity contribution in [3.05, 3.63) is 0 Å². The van der Waals surface area contributed by atoms with E-state index < -0.39 is 5.97 Å². The summed E-state index contributed by atoms with van der Waals surface area (Å²) in [6.45, 7) is 4.64. The van der Waals surface area contributed by atoms with Gasteiger partial charge in [-0.25, -0.2) is 0 Å². The summed E-state index contributed by atoms with van der Waals surface area (Å²) in [7, 11) is 1.81. The van der Waals surface area contributed by atoms with E-state index in [-0.39, 0.29) is 6.42 Å². The maximum absolute atomic E-state index is 11.5. The van der Waals surface area contributed by atoms with Gasteiger partial charge in [-0.15, -0.1) is 0 Å². The molecular formula is C45H81NO2. The number of hydrogen-bond donors (Lipinski definition) is 1. The zero-order valence-corrected chi connectivity index (χ0v) is 32.4. The van der Waals surface area contributed by atoms with Crippen LogP contribution in [0.2, 0.25) is 0 Å². The van der Waals surface area contributed by atoms with Crippen molar-refractivity contribution < 1.29 is 9.90 Å². The molecule has 4 aliphatic carbocycles. The zero-order valence-electron chi connectivity index (χ0n) is 32.4. The van der Waals surface area contributed by atoms with Crippen LogP contribution in [-0.4, -0.2) is 23.8 Å². The van der Waals surface area contributed by atoms with Crippen LogP contribution in [0.25, 0.3) is 0 Å². The Balaban J connectivity index is 0.947. The van der Waals surface area contributed by atoms with Gasteiger partial charge >= 0.3 is 5.97 Å². The molecule has 8 atom stereocenters. The van der Waals surface area contributed by atoms with E-state index in [1.807, 2.05) is 7.05 Å². The van der Waals surface area contributed by atoms with Gasteiger partial charge in [-0.05, 0) is 105 Å². The van der Waals surface area contributed by atoms with Crippen molar-refractivity contribution in [1.82, 2.24) is 0 Å². The molecule has 0 aliphatic heterocycles. The number of nitrogens with zero attached hydrogens (tertiary/aromatic N) is 1. The maximum Gasteiger partial charge on any atom is 0.309 e. The van der Waals surface area contributed by atoms with Gasteiger partial charge in [0.25, 0.3) is 0 Å². The number of aliphatic imine (C=N–C) groups is 1. The molecule has 0 aromatic heterocycles. The van der Waals surface area contributed by atoms with E-state index in [0.29, 0.717) is 5.92 Å². The molecule has 0 aromatic carbocycles. The highest BCUT2D eigenvalue weighted by Gasteiger charge is 2.45. The van der Waals surface area contributed by atoms with Crippen LogP contribution in [-0.2, 0) is 4.79 Å². The normalized spacial score (nSPS) is 29.6. The molecule has 0 aromatic rings. The summed E-state index contributed by atoms with van der Waals surface area (Å²) in [5.74, 6) is 8.40. The third-order valence-corrected chi connectivity index (χ3v) is 13.7. The molecular weight excluding hydrogens is 587 g/mol. The smallest absolute Gasteiger partial charge is 0.309 e. The second kappa shape index (κ2) is 22.9.